The molecule has 0 amide bonds. The highest BCUT2D eigenvalue weighted by Crippen LogP contribution is 2.42. The zero-order valence-corrected chi connectivity index (χ0v) is 19.9. The maximum Gasteiger partial charge on any atom is 0.186 e. The van der Waals surface area contributed by atoms with E-state index in [4.69, 9.17) is 23.7 Å². The van der Waals surface area contributed by atoms with Gasteiger partial charge in [0.05, 0.1) is 18.8 Å². The van der Waals surface area contributed by atoms with Crippen LogP contribution in [0.2, 0.25) is 0 Å². The van der Waals surface area contributed by atoms with Crippen molar-refractivity contribution in [1.29, 1.82) is 0 Å². The maximum absolute atomic E-state index is 6.94. The van der Waals surface area contributed by atoms with Crippen molar-refractivity contribution in [3.05, 3.63) is 108 Å². The molecular formula is C29H32O5. The Labute approximate surface area is 201 Å². The number of hydrogen-bond acceptors (Lipinski definition) is 5. The van der Waals surface area contributed by atoms with Gasteiger partial charge < -0.3 is 23.7 Å². The second-order valence-corrected chi connectivity index (χ2v) is 9.33. The lowest BCUT2D eigenvalue weighted by molar-refractivity contribution is -0.251. The minimum absolute atomic E-state index is 0.109. The highest BCUT2D eigenvalue weighted by atomic mass is 16.8. The average molecular weight is 461 g/mol. The Kier molecular flexibility index (Phi) is 6.56. The van der Waals surface area contributed by atoms with E-state index < -0.39 is 17.7 Å². The first-order valence-corrected chi connectivity index (χ1v) is 11.9. The van der Waals surface area contributed by atoms with Gasteiger partial charge in [0, 0.05) is 13.5 Å². The van der Waals surface area contributed by atoms with E-state index in [9.17, 15) is 0 Å². The van der Waals surface area contributed by atoms with E-state index in [0.29, 0.717) is 13.0 Å². The number of methoxy groups -OCH3 is 1. The van der Waals surface area contributed by atoms with E-state index in [1.54, 1.807) is 7.11 Å². The Hall–Kier alpha value is -2.54. The van der Waals surface area contributed by atoms with Crippen LogP contribution in [0.3, 0.4) is 0 Å². The van der Waals surface area contributed by atoms with Gasteiger partial charge in [-0.1, -0.05) is 91.0 Å². The van der Waals surface area contributed by atoms with Gasteiger partial charge in [0.25, 0.3) is 0 Å². The average Bonchev–Trinajstić information content (AvgIpc) is 3.19. The molecule has 2 saturated heterocycles. The molecule has 0 aliphatic carbocycles. The molecule has 2 fully saturated rings. The van der Waals surface area contributed by atoms with Gasteiger partial charge in [-0.25, -0.2) is 0 Å². The summed E-state index contributed by atoms with van der Waals surface area (Å²) < 4.78 is 31.1. The molecule has 0 bridgehead atoms. The topological polar surface area (TPSA) is 46.2 Å². The molecule has 5 rings (SSSR count). The summed E-state index contributed by atoms with van der Waals surface area (Å²) in [6.07, 6.45) is -0.407. The van der Waals surface area contributed by atoms with E-state index in [2.05, 4.69) is 36.4 Å². The molecule has 2 aliphatic heterocycles. The van der Waals surface area contributed by atoms with Crippen LogP contribution in [0.5, 0.6) is 0 Å². The predicted octanol–water partition coefficient (Wildman–Crippen LogP) is 5.28. The Morgan fingerprint density at radius 2 is 1.29 bits per heavy atom. The molecule has 0 unspecified atom stereocenters. The molecule has 34 heavy (non-hydrogen) atoms. The van der Waals surface area contributed by atoms with Crippen molar-refractivity contribution >= 4 is 0 Å². The lowest BCUT2D eigenvalue weighted by atomic mass is 9.80. The Morgan fingerprint density at radius 3 is 1.76 bits per heavy atom. The molecular weight excluding hydrogens is 428 g/mol. The van der Waals surface area contributed by atoms with Gasteiger partial charge >= 0.3 is 0 Å². The van der Waals surface area contributed by atoms with Crippen molar-refractivity contribution in [2.24, 2.45) is 0 Å². The van der Waals surface area contributed by atoms with Gasteiger partial charge in [0.2, 0.25) is 0 Å². The number of ether oxygens (including phenoxy) is 5. The molecule has 2 heterocycles. The Balaban J connectivity index is 1.50. The standard InChI is InChI=1S/C29H32O5/c1-28(2)33-25-19-24(32-27(30-3)26(25)34-28)20-31-29(21-13-7-4-8-14-21,22-15-9-5-10-16-22)23-17-11-6-12-18-23/h4-18,24-27H,19-20H2,1-3H3/t24-,25-,26-,27-/m0/s1. The quantitative estimate of drug-likeness (QED) is 0.449. The van der Waals surface area contributed by atoms with Crippen LogP contribution >= 0.6 is 0 Å². The summed E-state index contributed by atoms with van der Waals surface area (Å²) in [5, 5.41) is 0. The number of rotatable bonds is 7. The molecule has 0 saturated carbocycles. The largest absolute Gasteiger partial charge is 0.358 e. The SMILES string of the molecule is CO[C@H]1O[C@H](COC(c2ccccc2)(c2ccccc2)c2ccccc2)C[C@@H]2OC(C)(C)O[C@H]12. The summed E-state index contributed by atoms with van der Waals surface area (Å²) in [6, 6.07) is 31.1. The highest BCUT2D eigenvalue weighted by molar-refractivity contribution is 5.47. The summed E-state index contributed by atoms with van der Waals surface area (Å²) in [6.45, 7) is 4.22. The molecule has 2 aliphatic rings. The van der Waals surface area contributed by atoms with Crippen LogP contribution in [0.1, 0.15) is 37.0 Å². The van der Waals surface area contributed by atoms with Crippen LogP contribution in [0.4, 0.5) is 0 Å². The van der Waals surface area contributed by atoms with E-state index in [-0.39, 0.29) is 18.3 Å². The van der Waals surface area contributed by atoms with Gasteiger partial charge in [-0.2, -0.15) is 0 Å². The van der Waals surface area contributed by atoms with Crippen molar-refractivity contribution in [1.82, 2.24) is 0 Å². The summed E-state index contributed by atoms with van der Waals surface area (Å²) in [7, 11) is 1.64. The molecule has 0 spiro atoms. The zero-order valence-electron chi connectivity index (χ0n) is 19.9. The second-order valence-electron chi connectivity index (χ2n) is 9.33. The number of benzene rings is 3. The molecule has 0 aromatic heterocycles. The van der Waals surface area contributed by atoms with E-state index in [1.807, 2.05) is 68.4 Å². The minimum Gasteiger partial charge on any atom is -0.358 e. The fourth-order valence-electron chi connectivity index (χ4n) is 5.14. The van der Waals surface area contributed by atoms with Gasteiger partial charge in [-0.05, 0) is 30.5 Å². The van der Waals surface area contributed by atoms with Crippen molar-refractivity contribution in [3.8, 4) is 0 Å². The maximum atomic E-state index is 6.94. The molecule has 5 heteroatoms. The minimum atomic E-state index is -0.793. The van der Waals surface area contributed by atoms with Crippen LogP contribution < -0.4 is 0 Å². The molecule has 3 aromatic rings. The van der Waals surface area contributed by atoms with Crippen molar-refractivity contribution in [2.75, 3.05) is 13.7 Å². The smallest absolute Gasteiger partial charge is 0.186 e. The molecule has 0 radical (unpaired) electrons. The molecule has 5 nitrogen and oxygen atoms in total. The first kappa shape index (κ1) is 23.2. The van der Waals surface area contributed by atoms with Gasteiger partial charge in [0.15, 0.2) is 12.1 Å². The molecule has 0 N–H and O–H groups in total. The van der Waals surface area contributed by atoms with Gasteiger partial charge in [0.1, 0.15) is 11.7 Å². The van der Waals surface area contributed by atoms with Crippen LogP contribution in [0, 0.1) is 0 Å². The summed E-state index contributed by atoms with van der Waals surface area (Å²) in [4.78, 5) is 0. The summed E-state index contributed by atoms with van der Waals surface area (Å²) in [5.74, 6) is -0.660. The Morgan fingerprint density at radius 1 is 0.794 bits per heavy atom. The number of hydrogen-bond donors (Lipinski definition) is 0. The van der Waals surface area contributed by atoms with E-state index >= 15 is 0 Å². The summed E-state index contributed by atoms with van der Waals surface area (Å²) in [5.41, 5.74) is 2.39. The van der Waals surface area contributed by atoms with Crippen LogP contribution in [-0.2, 0) is 29.3 Å². The monoisotopic (exact) mass is 460 g/mol. The summed E-state index contributed by atoms with van der Waals surface area (Å²) >= 11 is 0. The lowest BCUT2D eigenvalue weighted by Crippen LogP contribution is -2.49. The van der Waals surface area contributed by atoms with Crippen LogP contribution in [0.25, 0.3) is 0 Å². The first-order chi connectivity index (χ1) is 16.5. The molecule has 4 atom stereocenters. The van der Waals surface area contributed by atoms with E-state index in [1.165, 1.54) is 0 Å². The van der Waals surface area contributed by atoms with Crippen molar-refractivity contribution < 1.29 is 23.7 Å². The molecule has 3 aromatic carbocycles. The van der Waals surface area contributed by atoms with Crippen molar-refractivity contribution in [3.63, 3.8) is 0 Å². The van der Waals surface area contributed by atoms with E-state index in [0.717, 1.165) is 16.7 Å². The van der Waals surface area contributed by atoms with Gasteiger partial charge in [-0.15, -0.1) is 0 Å². The third-order valence-electron chi connectivity index (χ3n) is 6.57. The fraction of sp³-hybridized carbons (Fsp3) is 0.379. The lowest BCUT2D eigenvalue weighted by Gasteiger charge is -2.40. The van der Waals surface area contributed by atoms with Crippen LogP contribution in [-0.4, -0.2) is 44.1 Å². The zero-order chi connectivity index (χ0) is 23.6. The fourth-order valence-corrected chi connectivity index (χ4v) is 5.14. The molecule has 178 valence electrons. The van der Waals surface area contributed by atoms with Crippen LogP contribution in [0.15, 0.2) is 91.0 Å². The van der Waals surface area contributed by atoms with Crippen molar-refractivity contribution in [2.45, 2.75) is 56.3 Å². The van der Waals surface area contributed by atoms with Gasteiger partial charge in [-0.3, -0.25) is 0 Å². The Bertz CT molecular complexity index is 957. The first-order valence-electron chi connectivity index (χ1n) is 11.9. The number of fused-ring (bicyclic) bond motifs is 1. The third kappa shape index (κ3) is 4.42. The predicted molar refractivity (Wildman–Crippen MR) is 129 cm³/mol. The normalized spacial score (nSPS) is 26.2. The second kappa shape index (κ2) is 9.61. The third-order valence-corrected chi connectivity index (χ3v) is 6.57. The highest BCUT2D eigenvalue weighted by Gasteiger charge is 2.51.